The van der Waals surface area contributed by atoms with Gasteiger partial charge in [-0.3, -0.25) is 4.90 Å². The Bertz CT molecular complexity index is 461. The number of anilines is 1. The highest BCUT2D eigenvalue weighted by Gasteiger charge is 2.32. The van der Waals surface area contributed by atoms with Crippen molar-refractivity contribution >= 4 is 11.8 Å². The van der Waals surface area contributed by atoms with Crippen molar-refractivity contribution in [2.45, 2.75) is 20.0 Å². The molecule has 1 aromatic rings. The predicted molar refractivity (Wildman–Crippen MR) is 84.8 cm³/mol. The second kappa shape index (κ2) is 7.43. The van der Waals surface area contributed by atoms with E-state index in [-0.39, 0.29) is 12.2 Å². The minimum absolute atomic E-state index is 0.0644. The molecule has 1 aliphatic rings. The van der Waals surface area contributed by atoms with E-state index in [2.05, 4.69) is 24.2 Å². The third kappa shape index (κ3) is 4.44. The number of benzene rings is 1. The molecule has 5 heteroatoms. The summed E-state index contributed by atoms with van der Waals surface area (Å²) in [6.45, 7) is 8.40. The summed E-state index contributed by atoms with van der Waals surface area (Å²) in [6.07, 6.45) is -0.311. The van der Waals surface area contributed by atoms with E-state index in [0.717, 1.165) is 31.9 Å². The van der Waals surface area contributed by atoms with Gasteiger partial charge in [0.2, 0.25) is 0 Å². The lowest BCUT2D eigenvalue weighted by molar-refractivity contribution is 0.117. The van der Waals surface area contributed by atoms with Gasteiger partial charge in [-0.2, -0.15) is 0 Å². The van der Waals surface area contributed by atoms with Gasteiger partial charge in [0.25, 0.3) is 0 Å². The molecule has 0 aromatic heterocycles. The van der Waals surface area contributed by atoms with Crippen molar-refractivity contribution in [3.63, 3.8) is 0 Å². The van der Waals surface area contributed by atoms with Crippen molar-refractivity contribution in [1.82, 2.24) is 10.2 Å². The molecule has 0 radical (unpaired) electrons. The number of ether oxygens (including phenoxy) is 1. The van der Waals surface area contributed by atoms with Gasteiger partial charge in [-0.25, -0.2) is 4.79 Å². The van der Waals surface area contributed by atoms with E-state index in [1.165, 1.54) is 5.56 Å². The maximum absolute atomic E-state index is 12.0. The Kier molecular flexibility index (Phi) is 5.59. The molecule has 1 N–H and O–H groups in total. The average Bonchev–Trinajstić information content (AvgIpc) is 2.80. The maximum Gasteiger partial charge on any atom is 0.414 e. The highest BCUT2D eigenvalue weighted by atomic mass is 16.6. The average molecular weight is 291 g/mol. The van der Waals surface area contributed by atoms with Crippen LogP contribution in [0.5, 0.6) is 0 Å². The Morgan fingerprint density at radius 2 is 2.10 bits per heavy atom. The Morgan fingerprint density at radius 3 is 2.76 bits per heavy atom. The molecule has 0 spiro atoms. The smallest absolute Gasteiger partial charge is 0.414 e. The molecule has 5 nitrogen and oxygen atoms in total. The lowest BCUT2D eigenvalue weighted by Gasteiger charge is -2.19. The molecule has 1 fully saturated rings. The molecule has 1 unspecified atom stereocenters. The summed E-state index contributed by atoms with van der Waals surface area (Å²) in [5.41, 5.74) is 2.09. The minimum atomic E-state index is -0.246. The van der Waals surface area contributed by atoms with Crippen LogP contribution in [0.4, 0.5) is 10.5 Å². The van der Waals surface area contributed by atoms with Gasteiger partial charge < -0.3 is 15.0 Å². The standard InChI is InChI=1S/C16H25N3O2/c1-4-17-9-10-18(3)11-15-12-19(16(20)21-15)14-7-5-13(2)6-8-14/h5-8,15,17H,4,9-12H2,1-3H3. The Labute approximate surface area is 126 Å². The van der Waals surface area contributed by atoms with Crippen LogP contribution < -0.4 is 10.2 Å². The number of hydrogen-bond donors (Lipinski definition) is 1. The number of nitrogens with zero attached hydrogens (tertiary/aromatic N) is 2. The van der Waals surface area contributed by atoms with Gasteiger partial charge in [-0.05, 0) is 32.6 Å². The number of aryl methyl sites for hydroxylation is 1. The fourth-order valence-corrected chi connectivity index (χ4v) is 2.44. The van der Waals surface area contributed by atoms with Gasteiger partial charge >= 0.3 is 6.09 Å². The van der Waals surface area contributed by atoms with Crippen molar-refractivity contribution in [2.24, 2.45) is 0 Å². The van der Waals surface area contributed by atoms with Gasteiger partial charge in [-0.1, -0.05) is 24.6 Å². The van der Waals surface area contributed by atoms with E-state index in [4.69, 9.17) is 4.74 Å². The van der Waals surface area contributed by atoms with Crippen LogP contribution >= 0.6 is 0 Å². The first-order chi connectivity index (χ1) is 10.1. The number of carbonyl (C=O) groups is 1. The van der Waals surface area contributed by atoms with E-state index >= 15 is 0 Å². The molecular weight excluding hydrogens is 266 g/mol. The molecule has 2 rings (SSSR count). The zero-order valence-corrected chi connectivity index (χ0v) is 13.1. The molecule has 0 bridgehead atoms. The van der Waals surface area contributed by atoms with Crippen LogP contribution in [-0.2, 0) is 4.74 Å². The number of hydrogen-bond acceptors (Lipinski definition) is 4. The van der Waals surface area contributed by atoms with Crippen LogP contribution in [0, 0.1) is 6.92 Å². The molecule has 1 saturated heterocycles. The first-order valence-corrected chi connectivity index (χ1v) is 7.54. The Hall–Kier alpha value is -1.59. The van der Waals surface area contributed by atoms with Crippen LogP contribution in [0.1, 0.15) is 12.5 Å². The topological polar surface area (TPSA) is 44.8 Å². The summed E-state index contributed by atoms with van der Waals surface area (Å²) >= 11 is 0. The third-order valence-electron chi connectivity index (χ3n) is 3.66. The van der Waals surface area contributed by atoms with Crippen molar-refractivity contribution in [1.29, 1.82) is 0 Å². The summed E-state index contributed by atoms with van der Waals surface area (Å²) in [5, 5.41) is 3.29. The fraction of sp³-hybridized carbons (Fsp3) is 0.562. The number of cyclic esters (lactones) is 1. The van der Waals surface area contributed by atoms with Crippen LogP contribution in [-0.4, -0.2) is 56.9 Å². The molecule has 116 valence electrons. The van der Waals surface area contributed by atoms with Crippen LogP contribution in [0.25, 0.3) is 0 Å². The zero-order valence-electron chi connectivity index (χ0n) is 13.1. The molecule has 0 saturated carbocycles. The third-order valence-corrected chi connectivity index (χ3v) is 3.66. The van der Waals surface area contributed by atoms with Crippen molar-refractivity contribution < 1.29 is 9.53 Å². The number of rotatable bonds is 7. The summed E-state index contributed by atoms with van der Waals surface area (Å²) in [5.74, 6) is 0. The van der Waals surface area contributed by atoms with Gasteiger partial charge in [0.1, 0.15) is 6.10 Å². The van der Waals surface area contributed by atoms with Gasteiger partial charge in [0.05, 0.1) is 6.54 Å². The van der Waals surface area contributed by atoms with Crippen molar-refractivity contribution in [3.8, 4) is 0 Å². The summed E-state index contributed by atoms with van der Waals surface area (Å²) < 4.78 is 5.46. The van der Waals surface area contributed by atoms with Crippen LogP contribution in [0.3, 0.4) is 0 Å². The normalized spacial score (nSPS) is 18.4. The SMILES string of the molecule is CCNCCN(C)CC1CN(c2ccc(C)cc2)C(=O)O1. The maximum atomic E-state index is 12.0. The minimum Gasteiger partial charge on any atom is -0.443 e. The highest BCUT2D eigenvalue weighted by Crippen LogP contribution is 2.22. The Morgan fingerprint density at radius 1 is 1.38 bits per heavy atom. The number of carbonyl (C=O) groups excluding carboxylic acids is 1. The summed E-state index contributed by atoms with van der Waals surface area (Å²) in [6, 6.07) is 7.96. The molecular formula is C16H25N3O2. The Balaban J connectivity index is 1.86. The molecule has 1 aliphatic heterocycles. The van der Waals surface area contributed by atoms with Crippen LogP contribution in [0.15, 0.2) is 24.3 Å². The molecule has 21 heavy (non-hydrogen) atoms. The highest BCUT2D eigenvalue weighted by molar-refractivity contribution is 5.89. The second-order valence-corrected chi connectivity index (χ2v) is 5.57. The first kappa shape index (κ1) is 15.8. The number of nitrogens with one attached hydrogen (secondary N) is 1. The predicted octanol–water partition coefficient (Wildman–Crippen LogP) is 1.86. The zero-order chi connectivity index (χ0) is 15.2. The molecule has 1 atom stereocenters. The van der Waals surface area contributed by atoms with Gasteiger partial charge in [0, 0.05) is 25.3 Å². The molecule has 0 aliphatic carbocycles. The summed E-state index contributed by atoms with van der Waals surface area (Å²) in [4.78, 5) is 15.9. The lowest BCUT2D eigenvalue weighted by atomic mass is 10.2. The number of likely N-dealkylation sites (N-methyl/N-ethyl adjacent to an activating group) is 2. The van der Waals surface area contributed by atoms with Crippen molar-refractivity contribution in [2.75, 3.05) is 44.7 Å². The van der Waals surface area contributed by atoms with E-state index in [1.807, 2.05) is 31.2 Å². The fourth-order valence-electron chi connectivity index (χ4n) is 2.44. The van der Waals surface area contributed by atoms with Crippen molar-refractivity contribution in [3.05, 3.63) is 29.8 Å². The molecule has 1 aromatic carbocycles. The lowest BCUT2D eigenvalue weighted by Crippen LogP contribution is -2.36. The van der Waals surface area contributed by atoms with Crippen LogP contribution in [0.2, 0.25) is 0 Å². The van der Waals surface area contributed by atoms with Gasteiger partial charge in [0.15, 0.2) is 0 Å². The van der Waals surface area contributed by atoms with E-state index in [9.17, 15) is 4.79 Å². The van der Waals surface area contributed by atoms with Gasteiger partial charge in [-0.15, -0.1) is 0 Å². The van der Waals surface area contributed by atoms with E-state index < -0.39 is 0 Å². The molecule has 1 heterocycles. The summed E-state index contributed by atoms with van der Waals surface area (Å²) in [7, 11) is 2.06. The molecule has 1 amide bonds. The number of amides is 1. The van der Waals surface area contributed by atoms with E-state index in [0.29, 0.717) is 6.54 Å². The quantitative estimate of drug-likeness (QED) is 0.779. The second-order valence-electron chi connectivity index (χ2n) is 5.57. The monoisotopic (exact) mass is 291 g/mol. The largest absolute Gasteiger partial charge is 0.443 e. The first-order valence-electron chi connectivity index (χ1n) is 7.54. The van der Waals surface area contributed by atoms with E-state index in [1.54, 1.807) is 4.90 Å².